The first-order valence-electron chi connectivity index (χ1n) is 7.67. The summed E-state index contributed by atoms with van der Waals surface area (Å²) in [4.78, 5) is 20.5. The molecular weight excluding hydrogens is 310 g/mol. The lowest BCUT2D eigenvalue weighted by molar-refractivity contribution is 0.0987. The van der Waals surface area contributed by atoms with E-state index in [0.717, 1.165) is 11.5 Å². The van der Waals surface area contributed by atoms with Crippen LogP contribution < -0.4 is 10.2 Å². The number of pyridine rings is 1. The van der Waals surface area contributed by atoms with Gasteiger partial charge in [0.15, 0.2) is 0 Å². The molecule has 0 unspecified atom stereocenters. The van der Waals surface area contributed by atoms with Gasteiger partial charge in [0.05, 0.1) is 23.9 Å². The van der Waals surface area contributed by atoms with E-state index >= 15 is 0 Å². The molecule has 0 saturated carbocycles. The van der Waals surface area contributed by atoms with Crippen LogP contribution in [0.1, 0.15) is 11.6 Å². The summed E-state index contributed by atoms with van der Waals surface area (Å²) in [7, 11) is 5.45. The van der Waals surface area contributed by atoms with Gasteiger partial charge in [-0.2, -0.15) is 15.4 Å². The van der Waals surface area contributed by atoms with Crippen molar-refractivity contribution in [3.63, 3.8) is 0 Å². The Balaban J connectivity index is 1.68. The van der Waals surface area contributed by atoms with Crippen LogP contribution in [0.2, 0.25) is 0 Å². The van der Waals surface area contributed by atoms with Crippen LogP contribution in [0.3, 0.4) is 0 Å². The van der Waals surface area contributed by atoms with Gasteiger partial charge in [0.25, 0.3) is 0 Å². The van der Waals surface area contributed by atoms with E-state index in [9.17, 15) is 4.79 Å². The lowest BCUT2D eigenvalue weighted by Gasteiger charge is -2.17. The maximum Gasteiger partial charge on any atom is 0.323 e. The minimum atomic E-state index is -0.202. The predicted octanol–water partition coefficient (Wildman–Crippen LogP) is 0.912. The van der Waals surface area contributed by atoms with E-state index in [2.05, 4.69) is 25.7 Å². The maximum absolute atomic E-state index is 12.5. The largest absolute Gasteiger partial charge is 0.379 e. The molecule has 2 N–H and O–H groups in total. The fourth-order valence-electron chi connectivity index (χ4n) is 2.78. The molecule has 2 aromatic rings. The van der Waals surface area contributed by atoms with Gasteiger partial charge in [-0.3, -0.25) is 5.32 Å². The smallest absolute Gasteiger partial charge is 0.323 e. The average Bonchev–Trinajstić information content (AvgIpc) is 3.24. The van der Waals surface area contributed by atoms with Crippen LogP contribution in [0, 0.1) is 0 Å². The van der Waals surface area contributed by atoms with Crippen LogP contribution in [0.15, 0.2) is 24.4 Å². The molecule has 2 amide bonds. The number of ether oxygens (including phenoxy) is 1. The lowest BCUT2D eigenvalue weighted by atomic mass is 10.0. The summed E-state index contributed by atoms with van der Waals surface area (Å²) in [6, 6.07) is 5.31. The van der Waals surface area contributed by atoms with Crippen molar-refractivity contribution in [3.05, 3.63) is 30.1 Å². The zero-order chi connectivity index (χ0) is 17.1. The number of hydrogen-bond donors (Lipinski definition) is 2. The molecule has 0 aliphatic carbocycles. The van der Waals surface area contributed by atoms with E-state index < -0.39 is 0 Å². The number of rotatable bonds is 4. The van der Waals surface area contributed by atoms with Crippen LogP contribution in [-0.2, 0) is 4.74 Å². The molecule has 0 spiro atoms. The first-order chi connectivity index (χ1) is 11.6. The van der Waals surface area contributed by atoms with Crippen LogP contribution >= 0.6 is 0 Å². The average molecular weight is 331 g/mol. The second kappa shape index (κ2) is 6.83. The number of H-pyrrole nitrogens is 1. The number of urea groups is 1. The summed E-state index contributed by atoms with van der Waals surface area (Å²) >= 11 is 0. The van der Waals surface area contributed by atoms with E-state index in [1.165, 1.54) is 0 Å². The minimum Gasteiger partial charge on any atom is -0.379 e. The van der Waals surface area contributed by atoms with Crippen molar-refractivity contribution in [1.82, 2.24) is 25.3 Å². The molecule has 128 valence electrons. The molecule has 0 radical (unpaired) electrons. The molecule has 9 heteroatoms. The van der Waals surface area contributed by atoms with Crippen LogP contribution in [-0.4, -0.2) is 71.7 Å². The molecule has 3 heterocycles. The topological polar surface area (TPSA) is 99.3 Å². The first kappa shape index (κ1) is 16.2. The van der Waals surface area contributed by atoms with Gasteiger partial charge in [0.1, 0.15) is 11.6 Å². The highest BCUT2D eigenvalue weighted by Gasteiger charge is 2.37. The second-order valence-corrected chi connectivity index (χ2v) is 5.89. The third kappa shape index (κ3) is 3.30. The van der Waals surface area contributed by atoms with Crippen LogP contribution in [0.4, 0.5) is 16.4 Å². The molecule has 0 aromatic carbocycles. The van der Waals surface area contributed by atoms with Gasteiger partial charge in [0.2, 0.25) is 0 Å². The number of methoxy groups -OCH3 is 1. The van der Waals surface area contributed by atoms with Gasteiger partial charge in [-0.15, -0.1) is 0 Å². The molecule has 24 heavy (non-hydrogen) atoms. The number of nitrogens with one attached hydrogen (secondary N) is 2. The quantitative estimate of drug-likeness (QED) is 0.864. The Bertz CT molecular complexity index is 689. The number of aromatic nitrogens is 4. The van der Waals surface area contributed by atoms with Crippen molar-refractivity contribution in [1.29, 1.82) is 0 Å². The van der Waals surface area contributed by atoms with E-state index in [4.69, 9.17) is 4.74 Å². The Kier molecular flexibility index (Phi) is 4.61. The highest BCUT2D eigenvalue weighted by molar-refractivity contribution is 5.88. The van der Waals surface area contributed by atoms with E-state index in [1.54, 1.807) is 24.3 Å². The molecule has 1 saturated heterocycles. The van der Waals surface area contributed by atoms with Gasteiger partial charge in [-0.1, -0.05) is 6.07 Å². The number of aromatic amines is 1. The predicted molar refractivity (Wildman–Crippen MR) is 89.1 cm³/mol. The minimum absolute atomic E-state index is 0.000527. The number of amides is 2. The van der Waals surface area contributed by atoms with Gasteiger partial charge in [-0.25, -0.2) is 9.78 Å². The molecule has 2 atom stereocenters. The number of likely N-dealkylation sites (tertiary alicyclic amines) is 1. The van der Waals surface area contributed by atoms with Crippen molar-refractivity contribution in [2.45, 2.75) is 12.0 Å². The second-order valence-electron chi connectivity index (χ2n) is 5.89. The highest BCUT2D eigenvalue weighted by atomic mass is 16.5. The SMILES string of the molecule is CO[C@@H]1CN(C(=O)Nc2cccc(N(C)C)n2)C[C@H]1c1cn[nH]n1. The van der Waals surface area contributed by atoms with Crippen molar-refractivity contribution in [2.75, 3.05) is 44.5 Å². The highest BCUT2D eigenvalue weighted by Crippen LogP contribution is 2.28. The zero-order valence-corrected chi connectivity index (χ0v) is 13.9. The summed E-state index contributed by atoms with van der Waals surface area (Å²) in [6.07, 6.45) is 1.56. The van der Waals surface area contributed by atoms with E-state index in [1.807, 2.05) is 31.1 Å². The third-order valence-electron chi connectivity index (χ3n) is 4.10. The van der Waals surface area contributed by atoms with Crippen molar-refractivity contribution < 1.29 is 9.53 Å². The van der Waals surface area contributed by atoms with Crippen LogP contribution in [0.5, 0.6) is 0 Å². The maximum atomic E-state index is 12.5. The van der Waals surface area contributed by atoms with Crippen molar-refractivity contribution in [2.24, 2.45) is 0 Å². The van der Waals surface area contributed by atoms with Gasteiger partial charge in [-0.05, 0) is 12.1 Å². The molecule has 1 fully saturated rings. The van der Waals surface area contributed by atoms with Gasteiger partial charge < -0.3 is 14.5 Å². The Morgan fingerprint density at radius 2 is 2.25 bits per heavy atom. The van der Waals surface area contributed by atoms with E-state index in [0.29, 0.717) is 18.9 Å². The molecule has 0 bridgehead atoms. The Morgan fingerprint density at radius 3 is 2.92 bits per heavy atom. The number of nitrogens with zero attached hydrogens (tertiary/aromatic N) is 5. The number of carbonyl (C=O) groups excluding carboxylic acids is 1. The number of carbonyl (C=O) groups is 1. The standard InChI is InChI=1S/C15H21N7O2/c1-21(2)14-6-4-5-13(17-14)18-15(23)22-8-10(12(9-22)24-3)11-7-16-20-19-11/h4-7,10,12H,8-9H2,1-3H3,(H,16,19,20)(H,17,18,23)/t10-,12+/m0/s1. The van der Waals surface area contributed by atoms with Gasteiger partial charge in [0, 0.05) is 34.3 Å². The fourth-order valence-corrected chi connectivity index (χ4v) is 2.78. The summed E-state index contributed by atoms with van der Waals surface area (Å²) in [5.74, 6) is 1.30. The molecule has 2 aromatic heterocycles. The molecule has 1 aliphatic rings. The molecule has 3 rings (SSSR count). The Morgan fingerprint density at radius 1 is 1.42 bits per heavy atom. The Labute approximate surface area is 140 Å². The van der Waals surface area contributed by atoms with Gasteiger partial charge >= 0.3 is 6.03 Å². The molecular formula is C15H21N7O2. The van der Waals surface area contributed by atoms with Crippen molar-refractivity contribution in [3.8, 4) is 0 Å². The zero-order valence-electron chi connectivity index (χ0n) is 13.9. The number of anilines is 2. The molecule has 9 nitrogen and oxygen atoms in total. The van der Waals surface area contributed by atoms with Crippen LogP contribution in [0.25, 0.3) is 0 Å². The summed E-state index contributed by atoms with van der Waals surface area (Å²) in [5, 5.41) is 13.4. The summed E-state index contributed by atoms with van der Waals surface area (Å²) in [6.45, 7) is 1.01. The summed E-state index contributed by atoms with van der Waals surface area (Å²) < 4.78 is 5.50. The van der Waals surface area contributed by atoms with Crippen molar-refractivity contribution >= 4 is 17.7 Å². The summed E-state index contributed by atoms with van der Waals surface area (Å²) in [5.41, 5.74) is 0.796. The fraction of sp³-hybridized carbons (Fsp3) is 0.467. The number of hydrogen-bond acceptors (Lipinski definition) is 6. The normalized spacial score (nSPS) is 20.2. The Hall–Kier alpha value is -2.68. The third-order valence-corrected chi connectivity index (χ3v) is 4.10. The molecule has 1 aliphatic heterocycles. The monoisotopic (exact) mass is 331 g/mol. The first-order valence-corrected chi connectivity index (χ1v) is 7.67. The van der Waals surface area contributed by atoms with E-state index in [-0.39, 0.29) is 18.1 Å². The lowest BCUT2D eigenvalue weighted by Crippen LogP contribution is -2.34.